The van der Waals surface area contributed by atoms with Gasteiger partial charge in [-0.3, -0.25) is 5.41 Å². The number of benzene rings is 1. The molecule has 24 heavy (non-hydrogen) atoms. The lowest BCUT2D eigenvalue weighted by Crippen LogP contribution is -2.32. The van der Waals surface area contributed by atoms with Gasteiger partial charge >= 0.3 is 0 Å². The SMILES string of the molecule is CN(C)CCCN1CCSc2cc(NC(=N)C3CC=CS3)ccc21. The van der Waals surface area contributed by atoms with E-state index in [0.717, 1.165) is 37.5 Å². The molecule has 2 aliphatic rings. The Morgan fingerprint density at radius 1 is 1.42 bits per heavy atom. The van der Waals surface area contributed by atoms with Crippen molar-refractivity contribution in [1.82, 2.24) is 4.90 Å². The van der Waals surface area contributed by atoms with Gasteiger partial charge in [0, 0.05) is 29.4 Å². The first-order valence-electron chi connectivity index (χ1n) is 8.46. The van der Waals surface area contributed by atoms with Crippen LogP contribution < -0.4 is 10.2 Å². The lowest BCUT2D eigenvalue weighted by Gasteiger charge is -2.31. The van der Waals surface area contributed by atoms with Gasteiger partial charge in [-0.15, -0.1) is 23.5 Å². The zero-order valence-electron chi connectivity index (χ0n) is 14.4. The molecule has 0 aliphatic carbocycles. The smallest absolute Gasteiger partial charge is 0.112 e. The molecule has 0 spiro atoms. The summed E-state index contributed by atoms with van der Waals surface area (Å²) in [6.07, 6.45) is 4.28. The van der Waals surface area contributed by atoms with Crippen molar-refractivity contribution in [3.05, 3.63) is 29.7 Å². The van der Waals surface area contributed by atoms with Gasteiger partial charge in [-0.05, 0) is 57.1 Å². The van der Waals surface area contributed by atoms with Gasteiger partial charge in [0.15, 0.2) is 0 Å². The molecule has 130 valence electrons. The van der Waals surface area contributed by atoms with Gasteiger partial charge in [0.05, 0.1) is 10.9 Å². The van der Waals surface area contributed by atoms with Crippen LogP contribution in [-0.4, -0.2) is 55.5 Å². The molecule has 0 saturated heterocycles. The molecule has 0 radical (unpaired) electrons. The van der Waals surface area contributed by atoms with Gasteiger partial charge in [0.2, 0.25) is 0 Å². The Labute approximate surface area is 153 Å². The molecule has 0 aromatic heterocycles. The Hall–Kier alpha value is -1.11. The summed E-state index contributed by atoms with van der Waals surface area (Å²) in [7, 11) is 4.26. The number of nitrogens with one attached hydrogen (secondary N) is 2. The van der Waals surface area contributed by atoms with Crippen LogP contribution in [0, 0.1) is 5.41 Å². The van der Waals surface area contributed by atoms with Gasteiger partial charge < -0.3 is 15.1 Å². The normalized spacial score (nSPS) is 19.6. The molecule has 1 aromatic carbocycles. The molecule has 4 nitrogen and oxygen atoms in total. The Morgan fingerprint density at radius 3 is 3.04 bits per heavy atom. The average Bonchev–Trinajstić information content (AvgIpc) is 3.09. The van der Waals surface area contributed by atoms with Crippen molar-refractivity contribution in [3.8, 4) is 0 Å². The van der Waals surface area contributed by atoms with Crippen LogP contribution >= 0.6 is 23.5 Å². The fraction of sp³-hybridized carbons (Fsp3) is 0.500. The van der Waals surface area contributed by atoms with E-state index < -0.39 is 0 Å². The summed E-state index contributed by atoms with van der Waals surface area (Å²) in [5.74, 6) is 1.74. The van der Waals surface area contributed by atoms with E-state index in [4.69, 9.17) is 5.41 Å². The summed E-state index contributed by atoms with van der Waals surface area (Å²) in [6.45, 7) is 3.36. The van der Waals surface area contributed by atoms with Crippen molar-refractivity contribution < 1.29 is 0 Å². The van der Waals surface area contributed by atoms with Crippen molar-refractivity contribution in [2.75, 3.05) is 49.7 Å². The van der Waals surface area contributed by atoms with Crippen LogP contribution in [0.25, 0.3) is 0 Å². The van der Waals surface area contributed by atoms with E-state index >= 15 is 0 Å². The summed E-state index contributed by atoms with van der Waals surface area (Å²) in [4.78, 5) is 6.08. The van der Waals surface area contributed by atoms with Gasteiger partial charge in [0.25, 0.3) is 0 Å². The van der Waals surface area contributed by atoms with E-state index in [1.807, 2.05) is 11.8 Å². The van der Waals surface area contributed by atoms with Crippen molar-refractivity contribution in [2.24, 2.45) is 0 Å². The van der Waals surface area contributed by atoms with Gasteiger partial charge in [-0.25, -0.2) is 0 Å². The second kappa shape index (κ2) is 8.32. The van der Waals surface area contributed by atoms with E-state index in [0.29, 0.717) is 5.84 Å². The second-order valence-electron chi connectivity index (χ2n) is 6.45. The Morgan fingerprint density at radius 2 is 2.29 bits per heavy atom. The molecular formula is C18H26N4S2. The van der Waals surface area contributed by atoms with Crippen molar-refractivity contribution in [3.63, 3.8) is 0 Å². The average molecular weight is 363 g/mol. The molecule has 1 aromatic rings. The number of anilines is 2. The van der Waals surface area contributed by atoms with Crippen LogP contribution in [0.15, 0.2) is 34.6 Å². The first-order valence-corrected chi connectivity index (χ1v) is 10.4. The molecule has 2 N–H and O–H groups in total. The molecule has 3 rings (SSSR count). The monoisotopic (exact) mass is 362 g/mol. The molecule has 0 bridgehead atoms. The van der Waals surface area contributed by atoms with Gasteiger partial charge in [-0.1, -0.05) is 6.08 Å². The minimum atomic E-state index is 0.246. The Bertz CT molecular complexity index is 607. The number of nitrogens with zero attached hydrogens (tertiary/aromatic N) is 2. The first kappa shape index (κ1) is 17.7. The number of fused-ring (bicyclic) bond motifs is 1. The summed E-state index contributed by atoms with van der Waals surface area (Å²) in [6, 6.07) is 6.54. The number of rotatable bonds is 6. The van der Waals surface area contributed by atoms with Crippen molar-refractivity contribution in [1.29, 1.82) is 5.41 Å². The van der Waals surface area contributed by atoms with Gasteiger partial charge in [-0.2, -0.15) is 0 Å². The lowest BCUT2D eigenvalue weighted by atomic mass is 10.2. The molecule has 0 saturated carbocycles. The fourth-order valence-corrected chi connectivity index (χ4v) is 4.89. The van der Waals surface area contributed by atoms with Crippen LogP contribution in [-0.2, 0) is 0 Å². The van der Waals surface area contributed by atoms with E-state index in [2.05, 4.69) is 58.9 Å². The summed E-state index contributed by atoms with van der Waals surface area (Å²) in [5.41, 5.74) is 2.38. The third-order valence-electron chi connectivity index (χ3n) is 4.24. The maximum Gasteiger partial charge on any atom is 0.112 e. The molecule has 2 heterocycles. The molecule has 6 heteroatoms. The van der Waals surface area contributed by atoms with E-state index in [1.165, 1.54) is 17.0 Å². The zero-order chi connectivity index (χ0) is 16.9. The van der Waals surface area contributed by atoms with E-state index in [-0.39, 0.29) is 5.25 Å². The highest BCUT2D eigenvalue weighted by Crippen LogP contribution is 2.37. The Balaban J connectivity index is 1.63. The highest BCUT2D eigenvalue weighted by Gasteiger charge is 2.20. The zero-order valence-corrected chi connectivity index (χ0v) is 16.1. The summed E-state index contributed by atoms with van der Waals surface area (Å²) >= 11 is 3.65. The van der Waals surface area contributed by atoms with E-state index in [1.54, 1.807) is 11.8 Å². The number of allylic oxidation sites excluding steroid dienone is 1. The molecule has 2 aliphatic heterocycles. The fourth-order valence-electron chi connectivity index (χ4n) is 2.97. The third kappa shape index (κ3) is 4.49. The maximum atomic E-state index is 8.24. The largest absolute Gasteiger partial charge is 0.370 e. The molecule has 1 atom stereocenters. The van der Waals surface area contributed by atoms with Crippen LogP contribution in [0.5, 0.6) is 0 Å². The minimum absolute atomic E-state index is 0.246. The quantitative estimate of drug-likeness (QED) is 0.592. The lowest BCUT2D eigenvalue weighted by molar-refractivity contribution is 0.400. The standard InChI is InChI=1S/C18H26N4S2/c1-21(2)8-4-9-22-10-12-24-17-13-14(6-7-15(17)22)20-18(19)16-5-3-11-23-16/h3,6-7,11,13,16H,4-5,8-10,12H2,1-2H3,(H2,19,20). The second-order valence-corrected chi connectivity index (χ2v) is 8.70. The van der Waals surface area contributed by atoms with Crippen LogP contribution in [0.1, 0.15) is 12.8 Å². The minimum Gasteiger partial charge on any atom is -0.370 e. The van der Waals surface area contributed by atoms with E-state index in [9.17, 15) is 0 Å². The first-order chi connectivity index (χ1) is 11.6. The number of hydrogen-bond acceptors (Lipinski definition) is 5. The third-order valence-corrected chi connectivity index (χ3v) is 6.37. The molecule has 0 amide bonds. The van der Waals surface area contributed by atoms with Crippen LogP contribution in [0.2, 0.25) is 0 Å². The number of thioether (sulfide) groups is 2. The topological polar surface area (TPSA) is 42.4 Å². The summed E-state index contributed by atoms with van der Waals surface area (Å²) < 4.78 is 0. The maximum absolute atomic E-state index is 8.24. The van der Waals surface area contributed by atoms with Gasteiger partial charge in [0.1, 0.15) is 5.84 Å². The predicted molar refractivity (Wildman–Crippen MR) is 109 cm³/mol. The predicted octanol–water partition coefficient (Wildman–Crippen LogP) is 3.96. The van der Waals surface area contributed by atoms with Crippen molar-refractivity contribution in [2.45, 2.75) is 23.0 Å². The summed E-state index contributed by atoms with van der Waals surface area (Å²) in [5, 5.41) is 13.9. The molecule has 0 fully saturated rings. The number of hydrogen-bond donors (Lipinski definition) is 2. The Kier molecular flexibility index (Phi) is 6.14. The van der Waals surface area contributed by atoms with Crippen LogP contribution in [0.4, 0.5) is 11.4 Å². The van der Waals surface area contributed by atoms with Crippen molar-refractivity contribution >= 4 is 40.7 Å². The van der Waals surface area contributed by atoms with Crippen LogP contribution in [0.3, 0.4) is 0 Å². The number of amidine groups is 1. The molecule has 1 unspecified atom stereocenters. The molecular weight excluding hydrogens is 336 g/mol. The highest BCUT2D eigenvalue weighted by atomic mass is 32.2. The highest BCUT2D eigenvalue weighted by molar-refractivity contribution is 8.03.